The van der Waals surface area contributed by atoms with E-state index in [2.05, 4.69) is 84.9 Å². The summed E-state index contributed by atoms with van der Waals surface area (Å²) in [6.45, 7) is 0. The summed E-state index contributed by atoms with van der Waals surface area (Å²) in [5.41, 5.74) is 10.5. The molecule has 0 aliphatic heterocycles. The number of benzene rings is 7. The molecule has 5 heteroatoms. The van der Waals surface area contributed by atoms with Crippen LogP contribution in [-0.2, 0) is 0 Å². The van der Waals surface area contributed by atoms with E-state index in [1.54, 1.807) is 0 Å². The molecule has 10 rings (SSSR count). The number of fused-ring (bicyclic) bond motifs is 7. The maximum Gasteiger partial charge on any atom is 0.178 e. The lowest BCUT2D eigenvalue weighted by Gasteiger charge is -2.10. The van der Waals surface area contributed by atoms with Crippen molar-refractivity contribution in [1.82, 2.24) is 15.0 Å². The van der Waals surface area contributed by atoms with Crippen LogP contribution in [0.15, 0.2) is 173 Å². The smallest absolute Gasteiger partial charge is 0.178 e. The molecule has 10 aromatic rings. The topological polar surface area (TPSA) is 65.0 Å². The third kappa shape index (κ3) is 4.75. The Kier molecular flexibility index (Phi) is 6.42. The van der Waals surface area contributed by atoms with E-state index >= 15 is 0 Å². The SMILES string of the molecule is c1ccc(-c2nc(-c3ccccc3)nc(-c3cccc(-c4cccc(-c5ccc6oc7c(ccc8c9ccccc9oc87)c6c5)c4)c3)n2)cc1. The zero-order valence-corrected chi connectivity index (χ0v) is 26.7. The number of aromatic nitrogens is 3. The zero-order chi connectivity index (χ0) is 33.0. The summed E-state index contributed by atoms with van der Waals surface area (Å²) in [6.07, 6.45) is 0. The highest BCUT2D eigenvalue weighted by atomic mass is 16.4. The van der Waals surface area contributed by atoms with Crippen LogP contribution in [0.1, 0.15) is 0 Å². The van der Waals surface area contributed by atoms with Crippen LogP contribution in [0.4, 0.5) is 0 Å². The van der Waals surface area contributed by atoms with Crippen molar-refractivity contribution in [3.63, 3.8) is 0 Å². The maximum atomic E-state index is 6.40. The molecule has 5 nitrogen and oxygen atoms in total. The molecule has 0 aliphatic rings. The van der Waals surface area contributed by atoms with E-state index in [0.29, 0.717) is 17.5 Å². The van der Waals surface area contributed by atoms with E-state index in [0.717, 1.165) is 82.8 Å². The molecule has 0 saturated heterocycles. The molecule has 0 spiro atoms. The highest BCUT2D eigenvalue weighted by Gasteiger charge is 2.17. The van der Waals surface area contributed by atoms with E-state index in [9.17, 15) is 0 Å². The van der Waals surface area contributed by atoms with Crippen LogP contribution in [-0.4, -0.2) is 15.0 Å². The molecule has 3 aromatic heterocycles. The van der Waals surface area contributed by atoms with Gasteiger partial charge in [0.2, 0.25) is 0 Å². The van der Waals surface area contributed by atoms with Crippen LogP contribution >= 0.6 is 0 Å². The molecule has 0 saturated carbocycles. The molecule has 0 N–H and O–H groups in total. The summed E-state index contributed by atoms with van der Waals surface area (Å²) in [5, 5.41) is 4.26. The van der Waals surface area contributed by atoms with Crippen LogP contribution in [0.25, 0.3) is 100 Å². The van der Waals surface area contributed by atoms with Gasteiger partial charge in [-0.25, -0.2) is 15.0 Å². The standard InChI is InChI=1S/C45H27N3O2/c1-3-11-28(12-4-1)43-46-44(29-13-5-2-6-14-29)48-45(47-43)34-18-10-17-32(26-34)30-15-9-16-31(25-30)33-21-24-40-38(27-33)37-23-22-36-35-19-7-8-20-39(35)49-41(36)42(37)50-40/h1-27H. The Balaban J connectivity index is 1.04. The average Bonchev–Trinajstić information content (AvgIpc) is 3.77. The summed E-state index contributed by atoms with van der Waals surface area (Å²) in [5.74, 6) is 1.92. The molecular formula is C45H27N3O2. The molecule has 0 atom stereocenters. The second-order valence-electron chi connectivity index (χ2n) is 12.4. The molecule has 234 valence electrons. The van der Waals surface area contributed by atoms with Crippen molar-refractivity contribution >= 4 is 43.9 Å². The van der Waals surface area contributed by atoms with Gasteiger partial charge in [-0.1, -0.05) is 121 Å². The Labute approximate surface area is 287 Å². The Bertz CT molecular complexity index is 2810. The van der Waals surface area contributed by atoms with Gasteiger partial charge in [-0.3, -0.25) is 0 Å². The van der Waals surface area contributed by atoms with E-state index in [4.69, 9.17) is 23.8 Å². The van der Waals surface area contributed by atoms with Gasteiger partial charge in [-0.05, 0) is 64.7 Å². The first-order chi connectivity index (χ1) is 24.7. The average molecular weight is 642 g/mol. The van der Waals surface area contributed by atoms with Crippen molar-refractivity contribution in [2.24, 2.45) is 0 Å². The van der Waals surface area contributed by atoms with Gasteiger partial charge in [0, 0.05) is 38.2 Å². The summed E-state index contributed by atoms with van der Waals surface area (Å²) in [7, 11) is 0. The Hall–Kier alpha value is -6.85. The minimum Gasteiger partial charge on any atom is -0.452 e. The van der Waals surface area contributed by atoms with Crippen molar-refractivity contribution in [3.8, 4) is 56.4 Å². The fraction of sp³-hybridized carbons (Fsp3) is 0. The van der Waals surface area contributed by atoms with Crippen LogP contribution in [0.3, 0.4) is 0 Å². The molecule has 0 amide bonds. The van der Waals surface area contributed by atoms with Gasteiger partial charge < -0.3 is 8.83 Å². The minimum absolute atomic E-state index is 0.631. The maximum absolute atomic E-state index is 6.40. The van der Waals surface area contributed by atoms with Gasteiger partial charge in [-0.15, -0.1) is 0 Å². The lowest BCUT2D eigenvalue weighted by Crippen LogP contribution is -2.00. The largest absolute Gasteiger partial charge is 0.452 e. The first kappa shape index (κ1) is 28.2. The van der Waals surface area contributed by atoms with Crippen LogP contribution in [0, 0.1) is 0 Å². The molecular weight excluding hydrogens is 615 g/mol. The minimum atomic E-state index is 0.631. The number of furan rings is 2. The van der Waals surface area contributed by atoms with Gasteiger partial charge in [0.05, 0.1) is 0 Å². The van der Waals surface area contributed by atoms with Gasteiger partial charge in [-0.2, -0.15) is 0 Å². The van der Waals surface area contributed by atoms with Crippen molar-refractivity contribution < 1.29 is 8.83 Å². The summed E-state index contributed by atoms with van der Waals surface area (Å²) in [6, 6.07) is 55.9. The summed E-state index contributed by atoms with van der Waals surface area (Å²) in [4.78, 5) is 14.7. The first-order valence-electron chi connectivity index (χ1n) is 16.6. The van der Waals surface area contributed by atoms with Gasteiger partial charge in [0.15, 0.2) is 28.6 Å². The molecule has 0 fully saturated rings. The molecule has 0 radical (unpaired) electrons. The third-order valence-electron chi connectivity index (χ3n) is 9.33. The van der Waals surface area contributed by atoms with Gasteiger partial charge in [0.25, 0.3) is 0 Å². The number of hydrogen-bond donors (Lipinski definition) is 0. The fourth-order valence-electron chi connectivity index (χ4n) is 6.85. The van der Waals surface area contributed by atoms with Crippen molar-refractivity contribution in [1.29, 1.82) is 0 Å². The lowest BCUT2D eigenvalue weighted by molar-refractivity contribution is 0.633. The quantitative estimate of drug-likeness (QED) is 0.187. The third-order valence-corrected chi connectivity index (χ3v) is 9.33. The predicted molar refractivity (Wildman–Crippen MR) is 202 cm³/mol. The number of para-hydroxylation sites is 1. The van der Waals surface area contributed by atoms with E-state index < -0.39 is 0 Å². The van der Waals surface area contributed by atoms with Crippen molar-refractivity contribution in [2.75, 3.05) is 0 Å². The monoisotopic (exact) mass is 641 g/mol. The fourth-order valence-corrected chi connectivity index (χ4v) is 6.85. The Morgan fingerprint density at radius 3 is 1.34 bits per heavy atom. The van der Waals surface area contributed by atoms with Crippen LogP contribution in [0.5, 0.6) is 0 Å². The lowest BCUT2D eigenvalue weighted by atomic mass is 9.97. The number of hydrogen-bond acceptors (Lipinski definition) is 5. The molecule has 0 aliphatic carbocycles. The van der Waals surface area contributed by atoms with Crippen LogP contribution in [0.2, 0.25) is 0 Å². The molecule has 0 unspecified atom stereocenters. The van der Waals surface area contributed by atoms with E-state index in [1.807, 2.05) is 78.9 Å². The normalized spacial score (nSPS) is 11.6. The Morgan fingerprint density at radius 2 is 0.720 bits per heavy atom. The van der Waals surface area contributed by atoms with Crippen LogP contribution < -0.4 is 0 Å². The second-order valence-corrected chi connectivity index (χ2v) is 12.4. The predicted octanol–water partition coefficient (Wildman–Crippen LogP) is 12.0. The Morgan fingerprint density at radius 1 is 0.280 bits per heavy atom. The number of rotatable bonds is 5. The number of nitrogens with zero attached hydrogens (tertiary/aromatic N) is 3. The highest BCUT2D eigenvalue weighted by molar-refractivity contribution is 6.19. The molecule has 0 bridgehead atoms. The first-order valence-corrected chi connectivity index (χ1v) is 16.6. The van der Waals surface area contributed by atoms with E-state index in [1.165, 1.54) is 0 Å². The van der Waals surface area contributed by atoms with Crippen molar-refractivity contribution in [2.45, 2.75) is 0 Å². The van der Waals surface area contributed by atoms with Gasteiger partial charge in [0.1, 0.15) is 11.2 Å². The molecule has 7 aromatic carbocycles. The summed E-state index contributed by atoms with van der Waals surface area (Å²) < 4.78 is 12.7. The summed E-state index contributed by atoms with van der Waals surface area (Å²) >= 11 is 0. The van der Waals surface area contributed by atoms with Gasteiger partial charge >= 0.3 is 0 Å². The highest BCUT2D eigenvalue weighted by Crippen LogP contribution is 2.40. The molecule has 3 heterocycles. The second kappa shape index (κ2) is 11.4. The van der Waals surface area contributed by atoms with E-state index in [-0.39, 0.29) is 0 Å². The molecule has 50 heavy (non-hydrogen) atoms. The van der Waals surface area contributed by atoms with Crippen molar-refractivity contribution in [3.05, 3.63) is 164 Å². The zero-order valence-electron chi connectivity index (χ0n) is 26.7.